The topological polar surface area (TPSA) is 84.8 Å². The molecule has 4 rings (SSSR count). The number of halogens is 1. The summed E-state index contributed by atoms with van der Waals surface area (Å²) in [6.07, 6.45) is 3.37. The predicted octanol–water partition coefficient (Wildman–Crippen LogP) is 2.67. The van der Waals surface area contributed by atoms with Gasteiger partial charge in [-0.1, -0.05) is 0 Å². The third kappa shape index (κ3) is 3.52. The second-order valence-corrected chi connectivity index (χ2v) is 7.11. The standard InChI is InChI=1S/C20H22FN3O4/c1-27-11-15-10-22-17(14-8-13-4-7-28-18(13)16(21)9-14)19(23-15)24-5-2-12(3-6-24)20(25)26/h8-10,12H,2-7,11H2,1H3,(H,25,26). The number of fused-ring (bicyclic) bond motifs is 1. The minimum atomic E-state index is -0.764. The highest BCUT2D eigenvalue weighted by Crippen LogP contribution is 2.36. The number of piperidine rings is 1. The lowest BCUT2D eigenvalue weighted by molar-refractivity contribution is -0.142. The van der Waals surface area contributed by atoms with Crippen molar-refractivity contribution in [2.45, 2.75) is 25.9 Å². The molecule has 1 aromatic carbocycles. The number of ether oxygens (including phenoxy) is 2. The molecule has 1 N–H and O–H groups in total. The molecule has 1 aromatic heterocycles. The Kier molecular flexibility index (Phi) is 5.13. The van der Waals surface area contributed by atoms with Crippen LogP contribution in [0.5, 0.6) is 5.75 Å². The molecule has 0 spiro atoms. The molecule has 8 heteroatoms. The van der Waals surface area contributed by atoms with Crippen molar-refractivity contribution in [3.63, 3.8) is 0 Å². The van der Waals surface area contributed by atoms with Crippen molar-refractivity contribution in [2.75, 3.05) is 31.7 Å². The van der Waals surface area contributed by atoms with Gasteiger partial charge in [0.15, 0.2) is 17.4 Å². The summed E-state index contributed by atoms with van der Waals surface area (Å²) in [7, 11) is 1.59. The van der Waals surface area contributed by atoms with Gasteiger partial charge in [0.25, 0.3) is 0 Å². The first-order valence-corrected chi connectivity index (χ1v) is 9.35. The normalized spacial score (nSPS) is 16.7. The van der Waals surface area contributed by atoms with Gasteiger partial charge in [-0.2, -0.15) is 0 Å². The van der Waals surface area contributed by atoms with Crippen molar-refractivity contribution in [3.8, 4) is 17.0 Å². The Hall–Kier alpha value is -2.74. The molecule has 1 fully saturated rings. The fourth-order valence-corrected chi connectivity index (χ4v) is 3.79. The number of nitrogens with zero attached hydrogens (tertiary/aromatic N) is 3. The Morgan fingerprint density at radius 2 is 2.18 bits per heavy atom. The summed E-state index contributed by atoms with van der Waals surface area (Å²) in [4.78, 5) is 22.5. The molecule has 2 aliphatic heterocycles. The predicted molar refractivity (Wildman–Crippen MR) is 99.9 cm³/mol. The minimum absolute atomic E-state index is 0.316. The number of aromatic nitrogens is 2. The number of carbonyl (C=O) groups is 1. The average Bonchev–Trinajstić information content (AvgIpc) is 3.17. The Bertz CT molecular complexity index is 897. The molecule has 0 aliphatic carbocycles. The van der Waals surface area contributed by atoms with E-state index < -0.39 is 11.8 Å². The second kappa shape index (κ2) is 7.71. The molecule has 0 unspecified atom stereocenters. The molecule has 0 amide bonds. The van der Waals surface area contributed by atoms with Crippen molar-refractivity contribution in [1.82, 2.24) is 9.97 Å². The molecular formula is C20H22FN3O4. The van der Waals surface area contributed by atoms with Crippen LogP contribution in [0.3, 0.4) is 0 Å². The number of hydrogen-bond acceptors (Lipinski definition) is 6. The van der Waals surface area contributed by atoms with Crippen molar-refractivity contribution >= 4 is 11.8 Å². The van der Waals surface area contributed by atoms with Gasteiger partial charge < -0.3 is 19.5 Å². The van der Waals surface area contributed by atoms with Crippen molar-refractivity contribution in [3.05, 3.63) is 35.4 Å². The zero-order valence-corrected chi connectivity index (χ0v) is 15.7. The van der Waals surface area contributed by atoms with Crippen LogP contribution < -0.4 is 9.64 Å². The minimum Gasteiger partial charge on any atom is -0.490 e. The largest absolute Gasteiger partial charge is 0.490 e. The fraction of sp³-hybridized carbons (Fsp3) is 0.450. The summed E-state index contributed by atoms with van der Waals surface area (Å²) in [6.45, 7) is 1.92. The fourth-order valence-electron chi connectivity index (χ4n) is 3.79. The van der Waals surface area contributed by atoms with E-state index in [0.29, 0.717) is 74.1 Å². The van der Waals surface area contributed by atoms with Gasteiger partial charge in [0.2, 0.25) is 0 Å². The van der Waals surface area contributed by atoms with Gasteiger partial charge in [-0.15, -0.1) is 0 Å². The maximum atomic E-state index is 14.5. The van der Waals surface area contributed by atoms with Gasteiger partial charge in [0.05, 0.1) is 31.0 Å². The molecule has 28 heavy (non-hydrogen) atoms. The molecule has 7 nitrogen and oxygen atoms in total. The highest BCUT2D eigenvalue weighted by molar-refractivity contribution is 5.75. The molecule has 2 aromatic rings. The van der Waals surface area contributed by atoms with E-state index in [2.05, 4.69) is 4.98 Å². The molecule has 2 aliphatic rings. The van der Waals surface area contributed by atoms with Gasteiger partial charge in [-0.3, -0.25) is 9.78 Å². The van der Waals surface area contributed by atoms with Gasteiger partial charge >= 0.3 is 5.97 Å². The zero-order chi connectivity index (χ0) is 19.7. The smallest absolute Gasteiger partial charge is 0.306 e. The number of rotatable bonds is 5. The van der Waals surface area contributed by atoms with E-state index in [1.165, 1.54) is 6.07 Å². The average molecular weight is 387 g/mol. The van der Waals surface area contributed by atoms with E-state index in [1.807, 2.05) is 11.0 Å². The van der Waals surface area contributed by atoms with Gasteiger partial charge in [-0.05, 0) is 25.0 Å². The van der Waals surface area contributed by atoms with Crippen molar-refractivity contribution < 1.29 is 23.8 Å². The lowest BCUT2D eigenvalue weighted by Crippen LogP contribution is -2.37. The van der Waals surface area contributed by atoms with Crippen molar-refractivity contribution in [1.29, 1.82) is 0 Å². The van der Waals surface area contributed by atoms with Crippen LogP contribution in [0.1, 0.15) is 24.1 Å². The molecule has 3 heterocycles. The quantitative estimate of drug-likeness (QED) is 0.844. The number of aliphatic carboxylic acids is 1. The maximum absolute atomic E-state index is 14.5. The molecule has 0 bridgehead atoms. The van der Waals surface area contributed by atoms with E-state index in [4.69, 9.17) is 14.5 Å². The van der Waals surface area contributed by atoms with E-state index in [1.54, 1.807) is 13.3 Å². The number of carboxylic acid groups (broad SMARTS) is 1. The molecule has 148 valence electrons. The van der Waals surface area contributed by atoms with E-state index in [-0.39, 0.29) is 5.92 Å². The summed E-state index contributed by atoms with van der Waals surface area (Å²) < 4.78 is 25.0. The van der Waals surface area contributed by atoms with Crippen LogP contribution in [0.15, 0.2) is 18.3 Å². The number of hydrogen-bond donors (Lipinski definition) is 1. The Balaban J connectivity index is 1.72. The first kappa shape index (κ1) is 18.6. The molecule has 0 atom stereocenters. The van der Waals surface area contributed by atoms with E-state index in [9.17, 15) is 14.3 Å². The second-order valence-electron chi connectivity index (χ2n) is 7.11. The van der Waals surface area contributed by atoms with Crippen molar-refractivity contribution in [2.24, 2.45) is 5.92 Å². The van der Waals surface area contributed by atoms with E-state index >= 15 is 0 Å². The summed E-state index contributed by atoms with van der Waals surface area (Å²) in [5.74, 6) is -0.555. The lowest BCUT2D eigenvalue weighted by atomic mass is 9.96. The van der Waals surface area contributed by atoms with Gasteiger partial charge in [0, 0.05) is 37.7 Å². The maximum Gasteiger partial charge on any atom is 0.306 e. The Labute approximate surface area is 162 Å². The van der Waals surface area contributed by atoms with E-state index in [0.717, 1.165) is 5.56 Å². The molecule has 1 saturated heterocycles. The summed E-state index contributed by atoms with van der Waals surface area (Å²) in [5.41, 5.74) is 2.73. The monoisotopic (exact) mass is 387 g/mol. The lowest BCUT2D eigenvalue weighted by Gasteiger charge is -2.32. The first-order chi connectivity index (χ1) is 13.6. The molecule has 0 saturated carbocycles. The van der Waals surface area contributed by atoms with Crippen LogP contribution in [-0.4, -0.2) is 47.8 Å². The first-order valence-electron chi connectivity index (χ1n) is 9.35. The molecular weight excluding hydrogens is 365 g/mol. The highest BCUT2D eigenvalue weighted by Gasteiger charge is 2.28. The third-order valence-electron chi connectivity index (χ3n) is 5.25. The van der Waals surface area contributed by atoms with Gasteiger partial charge in [0.1, 0.15) is 5.69 Å². The number of benzene rings is 1. The van der Waals surface area contributed by atoms with Crippen LogP contribution in [-0.2, 0) is 22.6 Å². The third-order valence-corrected chi connectivity index (χ3v) is 5.25. The highest BCUT2D eigenvalue weighted by atomic mass is 19.1. The Morgan fingerprint density at radius 3 is 2.89 bits per heavy atom. The summed E-state index contributed by atoms with van der Waals surface area (Å²) >= 11 is 0. The van der Waals surface area contributed by atoms with Crippen LogP contribution in [0.2, 0.25) is 0 Å². The van der Waals surface area contributed by atoms with Crippen LogP contribution >= 0.6 is 0 Å². The number of carboxylic acids is 1. The summed E-state index contributed by atoms with van der Waals surface area (Å²) in [6, 6.07) is 3.33. The Morgan fingerprint density at radius 1 is 1.39 bits per heavy atom. The zero-order valence-electron chi connectivity index (χ0n) is 15.7. The summed E-state index contributed by atoms with van der Waals surface area (Å²) in [5, 5.41) is 9.25. The number of anilines is 1. The van der Waals surface area contributed by atoms with Crippen LogP contribution in [0.4, 0.5) is 10.2 Å². The van der Waals surface area contributed by atoms with Gasteiger partial charge in [-0.25, -0.2) is 9.37 Å². The SMILES string of the molecule is COCc1cnc(-c2cc(F)c3c(c2)CCO3)c(N2CCC(C(=O)O)CC2)n1. The van der Waals surface area contributed by atoms with Crippen LogP contribution in [0, 0.1) is 11.7 Å². The molecule has 0 radical (unpaired) electrons. The van der Waals surface area contributed by atoms with Crippen LogP contribution in [0.25, 0.3) is 11.3 Å². The number of methoxy groups -OCH3 is 1.